The number of halogens is 3. The van der Waals surface area contributed by atoms with Crippen molar-refractivity contribution in [2.45, 2.75) is 38.3 Å². The number of amides is 1. The van der Waals surface area contributed by atoms with E-state index in [0.717, 1.165) is 36.8 Å². The first-order chi connectivity index (χ1) is 14.6. The maximum absolute atomic E-state index is 13.6. The molecule has 170 valence electrons. The van der Waals surface area contributed by atoms with E-state index in [2.05, 4.69) is 26.9 Å². The number of aromatic nitrogens is 3. The van der Waals surface area contributed by atoms with Crippen LogP contribution < -0.4 is 0 Å². The van der Waals surface area contributed by atoms with Crippen LogP contribution in [0.25, 0.3) is 5.65 Å². The van der Waals surface area contributed by atoms with E-state index in [4.69, 9.17) is 0 Å². The molecule has 0 spiro atoms. The van der Waals surface area contributed by atoms with E-state index in [1.165, 1.54) is 0 Å². The number of hydrogen-bond acceptors (Lipinski definition) is 5. The molecular weight excluding hydrogens is 409 g/mol. The van der Waals surface area contributed by atoms with Crippen LogP contribution >= 0.6 is 0 Å². The minimum atomic E-state index is -4.52. The standard InChI is InChI=1S/C21H29F3N6O/c1-14(2)16-10-18(21(22,23)24)30-19(25-16)11-17(26-30)15-4-5-29(12-15)20(31)13-28-8-6-27(3)7-9-28/h10-11,14-15H,4-9,12-13H2,1-3H3/t15-/m1/s1. The van der Waals surface area contributed by atoms with Crippen LogP contribution in [0.15, 0.2) is 12.1 Å². The lowest BCUT2D eigenvalue weighted by Gasteiger charge is -2.32. The Kier molecular flexibility index (Phi) is 5.95. The van der Waals surface area contributed by atoms with Crippen molar-refractivity contribution in [1.82, 2.24) is 29.3 Å². The zero-order chi connectivity index (χ0) is 22.3. The van der Waals surface area contributed by atoms with Crippen LogP contribution in [0.1, 0.15) is 49.2 Å². The Morgan fingerprint density at radius 3 is 2.52 bits per heavy atom. The molecule has 2 aromatic rings. The first kappa shape index (κ1) is 22.0. The van der Waals surface area contributed by atoms with Crippen molar-refractivity contribution in [2.75, 3.05) is 52.9 Å². The Balaban J connectivity index is 1.50. The minimum Gasteiger partial charge on any atom is -0.341 e. The summed E-state index contributed by atoms with van der Waals surface area (Å²) in [4.78, 5) is 23.3. The predicted molar refractivity (Wildman–Crippen MR) is 110 cm³/mol. The number of carbonyl (C=O) groups is 1. The van der Waals surface area contributed by atoms with Crippen LogP contribution in [0.3, 0.4) is 0 Å². The largest absolute Gasteiger partial charge is 0.433 e. The molecule has 7 nitrogen and oxygen atoms in total. The number of carbonyl (C=O) groups excluding carboxylic acids is 1. The summed E-state index contributed by atoms with van der Waals surface area (Å²) >= 11 is 0. The number of rotatable bonds is 4. The molecule has 2 saturated heterocycles. The van der Waals surface area contributed by atoms with Crippen molar-refractivity contribution in [1.29, 1.82) is 0 Å². The smallest absolute Gasteiger partial charge is 0.341 e. The van der Waals surface area contributed by atoms with Crippen molar-refractivity contribution >= 4 is 11.6 Å². The monoisotopic (exact) mass is 438 g/mol. The average molecular weight is 438 g/mol. The summed E-state index contributed by atoms with van der Waals surface area (Å²) in [6.07, 6.45) is -3.83. The Morgan fingerprint density at radius 2 is 1.87 bits per heavy atom. The Bertz CT molecular complexity index is 948. The third-order valence-electron chi connectivity index (χ3n) is 6.26. The summed E-state index contributed by atoms with van der Waals surface area (Å²) in [5.41, 5.74) is 0.347. The maximum atomic E-state index is 13.6. The van der Waals surface area contributed by atoms with Gasteiger partial charge in [-0.15, -0.1) is 0 Å². The highest BCUT2D eigenvalue weighted by atomic mass is 19.4. The van der Waals surface area contributed by atoms with Gasteiger partial charge in [0.15, 0.2) is 5.65 Å². The molecule has 10 heteroatoms. The highest BCUT2D eigenvalue weighted by Crippen LogP contribution is 2.33. The molecule has 0 aromatic carbocycles. The number of piperazine rings is 1. The zero-order valence-corrected chi connectivity index (χ0v) is 18.2. The third-order valence-corrected chi connectivity index (χ3v) is 6.26. The van der Waals surface area contributed by atoms with Crippen LogP contribution in [0, 0.1) is 0 Å². The fourth-order valence-corrected chi connectivity index (χ4v) is 4.23. The molecule has 1 amide bonds. The molecule has 4 rings (SSSR count). The van der Waals surface area contributed by atoms with Gasteiger partial charge in [0.05, 0.1) is 12.2 Å². The molecule has 4 heterocycles. The quantitative estimate of drug-likeness (QED) is 0.734. The second kappa shape index (κ2) is 8.38. The molecule has 0 saturated carbocycles. The number of nitrogens with zero attached hydrogens (tertiary/aromatic N) is 6. The summed E-state index contributed by atoms with van der Waals surface area (Å²) in [6.45, 7) is 8.74. The third kappa shape index (κ3) is 4.69. The van der Waals surface area contributed by atoms with E-state index in [9.17, 15) is 18.0 Å². The summed E-state index contributed by atoms with van der Waals surface area (Å²) < 4.78 is 41.7. The van der Waals surface area contributed by atoms with E-state index in [1.807, 2.05) is 18.7 Å². The number of likely N-dealkylation sites (N-methyl/N-ethyl adjacent to an activating group) is 1. The van der Waals surface area contributed by atoms with Gasteiger partial charge in [0, 0.05) is 56.9 Å². The fraction of sp³-hybridized carbons (Fsp3) is 0.667. The highest BCUT2D eigenvalue weighted by molar-refractivity contribution is 5.78. The molecule has 0 N–H and O–H groups in total. The lowest BCUT2D eigenvalue weighted by Crippen LogP contribution is -2.48. The summed E-state index contributed by atoms with van der Waals surface area (Å²) in [5, 5.41) is 4.26. The van der Waals surface area contributed by atoms with Gasteiger partial charge in [-0.05, 0) is 25.5 Å². The molecule has 2 fully saturated rings. The average Bonchev–Trinajstić information content (AvgIpc) is 3.35. The molecular formula is C21H29F3N6O. The Labute approximate surface area is 179 Å². The van der Waals surface area contributed by atoms with E-state index >= 15 is 0 Å². The van der Waals surface area contributed by atoms with Gasteiger partial charge < -0.3 is 9.80 Å². The highest BCUT2D eigenvalue weighted by Gasteiger charge is 2.36. The lowest BCUT2D eigenvalue weighted by molar-refractivity contribution is -0.142. The summed E-state index contributed by atoms with van der Waals surface area (Å²) in [5.74, 6) is -0.132. The van der Waals surface area contributed by atoms with Crippen LogP contribution in [0.5, 0.6) is 0 Å². The van der Waals surface area contributed by atoms with Crippen molar-refractivity contribution in [3.63, 3.8) is 0 Å². The molecule has 0 aliphatic carbocycles. The van der Waals surface area contributed by atoms with E-state index in [0.29, 0.717) is 37.4 Å². The topological polar surface area (TPSA) is 57.0 Å². The number of alkyl halides is 3. The second-order valence-corrected chi connectivity index (χ2v) is 8.96. The van der Waals surface area contributed by atoms with Crippen molar-refractivity contribution in [2.24, 2.45) is 0 Å². The fourth-order valence-electron chi connectivity index (χ4n) is 4.23. The van der Waals surface area contributed by atoms with Crippen LogP contribution in [-0.4, -0.2) is 88.1 Å². The van der Waals surface area contributed by atoms with Crippen molar-refractivity contribution in [3.8, 4) is 0 Å². The molecule has 0 radical (unpaired) electrons. The Hall–Kier alpha value is -2.20. The maximum Gasteiger partial charge on any atom is 0.433 e. The second-order valence-electron chi connectivity index (χ2n) is 8.96. The molecule has 2 aromatic heterocycles. The number of likely N-dealkylation sites (tertiary alicyclic amines) is 1. The van der Waals surface area contributed by atoms with Crippen LogP contribution in [0.2, 0.25) is 0 Å². The van der Waals surface area contributed by atoms with Gasteiger partial charge in [-0.2, -0.15) is 18.3 Å². The lowest BCUT2D eigenvalue weighted by atomic mass is 10.1. The first-order valence-corrected chi connectivity index (χ1v) is 10.8. The van der Waals surface area contributed by atoms with Gasteiger partial charge in [-0.25, -0.2) is 9.50 Å². The number of fused-ring (bicyclic) bond motifs is 1. The minimum absolute atomic E-state index is 0.0759. The zero-order valence-electron chi connectivity index (χ0n) is 18.2. The molecule has 0 bridgehead atoms. The van der Waals surface area contributed by atoms with Crippen molar-refractivity contribution in [3.05, 3.63) is 29.2 Å². The Morgan fingerprint density at radius 1 is 1.16 bits per heavy atom. The SMILES string of the molecule is CC(C)c1cc(C(F)(F)F)n2nc([C@@H]3CCN(C(=O)CN4CCN(C)CC4)C3)cc2n1. The van der Waals surface area contributed by atoms with Gasteiger partial charge in [0.25, 0.3) is 0 Å². The van der Waals surface area contributed by atoms with Gasteiger partial charge in [0.1, 0.15) is 5.69 Å². The molecule has 0 unspecified atom stereocenters. The van der Waals surface area contributed by atoms with Crippen LogP contribution in [0.4, 0.5) is 13.2 Å². The molecule has 2 aliphatic rings. The van der Waals surface area contributed by atoms with E-state index in [-0.39, 0.29) is 23.4 Å². The van der Waals surface area contributed by atoms with E-state index in [1.54, 1.807) is 6.07 Å². The van der Waals surface area contributed by atoms with Crippen LogP contribution in [-0.2, 0) is 11.0 Å². The van der Waals surface area contributed by atoms with Gasteiger partial charge >= 0.3 is 6.18 Å². The summed E-state index contributed by atoms with van der Waals surface area (Å²) in [7, 11) is 2.07. The molecule has 31 heavy (non-hydrogen) atoms. The van der Waals surface area contributed by atoms with Crippen molar-refractivity contribution < 1.29 is 18.0 Å². The van der Waals surface area contributed by atoms with Gasteiger partial charge in [-0.1, -0.05) is 13.8 Å². The molecule has 1 atom stereocenters. The molecule has 2 aliphatic heterocycles. The van der Waals surface area contributed by atoms with Gasteiger partial charge in [0.2, 0.25) is 5.91 Å². The normalized spacial score (nSPS) is 21.5. The van der Waals surface area contributed by atoms with E-state index < -0.39 is 11.9 Å². The first-order valence-electron chi connectivity index (χ1n) is 10.8. The number of hydrogen-bond donors (Lipinski definition) is 0. The predicted octanol–water partition coefficient (Wildman–Crippen LogP) is 2.43. The summed E-state index contributed by atoms with van der Waals surface area (Å²) in [6, 6.07) is 2.72. The van der Waals surface area contributed by atoms with Gasteiger partial charge in [-0.3, -0.25) is 9.69 Å².